The molecule has 0 saturated carbocycles. The van der Waals surface area contributed by atoms with Gasteiger partial charge in [-0.2, -0.15) is 0 Å². The van der Waals surface area contributed by atoms with Gasteiger partial charge in [-0.15, -0.1) is 0 Å². The summed E-state index contributed by atoms with van der Waals surface area (Å²) in [7, 11) is 0. The summed E-state index contributed by atoms with van der Waals surface area (Å²) in [6, 6.07) is 3.78. The number of amides is 2. The fraction of sp³-hybridized carbons (Fsp3) is 0.633. The molecule has 1 aromatic carbocycles. The van der Waals surface area contributed by atoms with Crippen molar-refractivity contribution in [2.45, 2.75) is 195 Å². The SMILES string of the molecule is CC(C)(C)OC(=O)Cn1ccnc1CN(CCCC[C@H](NC(=O)N[C@@H](CCC(=O)CCCc1ccc(NS(=O)O)cc1)C(=O)OC(C)(C)C)C(=O)OC(C)(C)C)Cc1nccn1CC(=O)OC(C)(C)C. The summed E-state index contributed by atoms with van der Waals surface area (Å²) in [5, 5.41) is 5.35. The van der Waals surface area contributed by atoms with Crippen molar-refractivity contribution in [3.8, 4) is 0 Å². The van der Waals surface area contributed by atoms with Crippen LogP contribution >= 0.6 is 0 Å². The number of nitrogens with zero attached hydrogens (tertiary/aromatic N) is 5. The minimum Gasteiger partial charge on any atom is -0.459 e. The predicted molar refractivity (Wildman–Crippen MR) is 263 cm³/mol. The molecule has 0 aliphatic rings. The fourth-order valence-electron chi connectivity index (χ4n) is 6.96. The Morgan fingerprint density at radius 3 is 1.54 bits per heavy atom. The Hall–Kier alpha value is -5.67. The molecule has 3 atom stereocenters. The Balaban J connectivity index is 1.74. The molecule has 4 N–H and O–H groups in total. The number of carbonyl (C=O) groups is 6. The highest BCUT2D eigenvalue weighted by molar-refractivity contribution is 7.80. The van der Waals surface area contributed by atoms with Gasteiger partial charge in [-0.1, -0.05) is 12.1 Å². The summed E-state index contributed by atoms with van der Waals surface area (Å²) >= 11 is -2.19. The number of nitrogens with one attached hydrogen (secondary N) is 3. The van der Waals surface area contributed by atoms with Crippen LogP contribution in [-0.4, -0.2) is 109 Å². The highest BCUT2D eigenvalue weighted by Crippen LogP contribution is 2.18. The second-order valence-electron chi connectivity index (χ2n) is 21.1. The molecule has 2 heterocycles. The number of hydrogen-bond donors (Lipinski definition) is 4. The summed E-state index contributed by atoms with van der Waals surface area (Å²) < 4.78 is 48.3. The number of aromatic nitrogens is 4. The molecule has 0 saturated heterocycles. The standard InChI is InChI=1S/C49H76N8O12S/c1-46(2,3)66-41(59)32-56-28-25-50-39(56)30-55(31-40-51-26-29-57(40)33-42(60)67-47(4,5)6)27-14-13-18-37(43(61)68-48(7,8)9)52-45(63)53-38(44(62)69-49(10,11)12)24-23-36(58)17-15-16-34-19-21-35(22-20-34)54-70(64)65/h19-22,25-26,28-29,37-38,54H,13-18,23-24,27,30-33H2,1-12H3,(H,64,65)(H2,52,53,63)/t37-,38-/m0/s1. The van der Waals surface area contributed by atoms with Gasteiger partial charge in [0.25, 0.3) is 11.3 Å². The van der Waals surface area contributed by atoms with Gasteiger partial charge in [0.1, 0.15) is 65.0 Å². The van der Waals surface area contributed by atoms with Crippen molar-refractivity contribution in [2.75, 3.05) is 11.3 Å². The number of benzene rings is 1. The summed E-state index contributed by atoms with van der Waals surface area (Å²) in [4.78, 5) is 90.5. The molecule has 0 radical (unpaired) electrons. The van der Waals surface area contributed by atoms with Crippen LogP contribution in [0.15, 0.2) is 49.1 Å². The molecule has 0 aliphatic heterocycles. The van der Waals surface area contributed by atoms with Gasteiger partial charge in [0.15, 0.2) is 0 Å². The maximum Gasteiger partial charge on any atom is 0.329 e. The number of carbonyl (C=O) groups excluding carboxylic acids is 6. The van der Waals surface area contributed by atoms with Crippen LogP contribution in [-0.2, 0) is 86.8 Å². The molecule has 0 aliphatic carbocycles. The van der Waals surface area contributed by atoms with Crippen LogP contribution in [0.5, 0.6) is 0 Å². The fourth-order valence-corrected chi connectivity index (χ4v) is 7.29. The van der Waals surface area contributed by atoms with Crippen LogP contribution in [0.2, 0.25) is 0 Å². The quantitative estimate of drug-likeness (QED) is 0.0287. The second kappa shape index (κ2) is 26.5. The molecule has 0 bridgehead atoms. The number of anilines is 1. The number of urea groups is 1. The molecule has 2 amide bonds. The van der Waals surface area contributed by atoms with E-state index in [1.807, 2.05) is 0 Å². The minimum atomic E-state index is -2.19. The van der Waals surface area contributed by atoms with Crippen molar-refractivity contribution in [2.24, 2.45) is 0 Å². The number of ketones is 1. The molecular weight excluding hydrogens is 925 g/mol. The number of ether oxygens (including phenoxy) is 4. The third-order valence-corrected chi connectivity index (χ3v) is 10.2. The summed E-state index contributed by atoms with van der Waals surface area (Å²) in [6.45, 7) is 21.9. The van der Waals surface area contributed by atoms with E-state index in [4.69, 9.17) is 23.5 Å². The van der Waals surface area contributed by atoms with E-state index in [9.17, 15) is 33.0 Å². The van der Waals surface area contributed by atoms with Crippen LogP contribution in [0.4, 0.5) is 10.5 Å². The first-order chi connectivity index (χ1) is 32.4. The predicted octanol–water partition coefficient (Wildman–Crippen LogP) is 6.58. The Labute approximate surface area is 415 Å². The Morgan fingerprint density at radius 1 is 0.643 bits per heavy atom. The van der Waals surface area contributed by atoms with Crippen LogP contribution in [0.3, 0.4) is 0 Å². The van der Waals surface area contributed by atoms with E-state index in [2.05, 4.69) is 30.2 Å². The van der Waals surface area contributed by atoms with Crippen molar-refractivity contribution < 1.29 is 56.5 Å². The third kappa shape index (κ3) is 24.2. The van der Waals surface area contributed by atoms with Crippen molar-refractivity contribution in [3.63, 3.8) is 0 Å². The van der Waals surface area contributed by atoms with Crippen molar-refractivity contribution in [1.82, 2.24) is 34.6 Å². The zero-order valence-corrected chi connectivity index (χ0v) is 43.9. The summed E-state index contributed by atoms with van der Waals surface area (Å²) in [5.41, 5.74) is -1.71. The van der Waals surface area contributed by atoms with Crippen LogP contribution < -0.4 is 15.4 Å². The van der Waals surface area contributed by atoms with E-state index in [0.29, 0.717) is 49.6 Å². The van der Waals surface area contributed by atoms with Gasteiger partial charge in [0, 0.05) is 43.3 Å². The third-order valence-electron chi connectivity index (χ3n) is 9.77. The number of Topliss-reactive ketones (excluding diaryl/α,β-unsaturated/α-hetero) is 1. The van der Waals surface area contributed by atoms with Crippen molar-refractivity contribution >= 4 is 52.6 Å². The van der Waals surface area contributed by atoms with E-state index >= 15 is 0 Å². The molecule has 70 heavy (non-hydrogen) atoms. The van der Waals surface area contributed by atoms with E-state index in [1.165, 1.54) is 0 Å². The lowest BCUT2D eigenvalue weighted by Crippen LogP contribution is -2.53. The number of rotatable bonds is 26. The van der Waals surface area contributed by atoms with Crippen molar-refractivity contribution in [3.05, 3.63) is 66.3 Å². The molecule has 21 heteroatoms. The van der Waals surface area contributed by atoms with Gasteiger partial charge >= 0.3 is 29.9 Å². The van der Waals surface area contributed by atoms with Gasteiger partial charge < -0.3 is 38.7 Å². The van der Waals surface area contributed by atoms with E-state index in [1.54, 1.807) is 141 Å². The Morgan fingerprint density at radius 2 is 1.10 bits per heavy atom. The smallest absolute Gasteiger partial charge is 0.329 e. The number of aryl methyl sites for hydroxylation is 1. The van der Waals surface area contributed by atoms with Crippen molar-refractivity contribution in [1.29, 1.82) is 0 Å². The molecule has 0 spiro atoms. The zero-order valence-electron chi connectivity index (χ0n) is 43.0. The number of hydrogen-bond acceptors (Lipinski definition) is 14. The van der Waals surface area contributed by atoms with Crippen LogP contribution in [0, 0.1) is 0 Å². The topological polar surface area (TPSA) is 252 Å². The van der Waals surface area contributed by atoms with Crippen LogP contribution in [0.25, 0.3) is 0 Å². The molecule has 3 rings (SSSR count). The van der Waals surface area contributed by atoms with Gasteiger partial charge in [-0.25, -0.2) is 28.6 Å². The lowest BCUT2D eigenvalue weighted by molar-refractivity contribution is -0.158. The van der Waals surface area contributed by atoms with E-state index < -0.39 is 75.7 Å². The van der Waals surface area contributed by atoms with Gasteiger partial charge in [0.2, 0.25) is 0 Å². The van der Waals surface area contributed by atoms with Gasteiger partial charge in [-0.05, 0) is 146 Å². The molecule has 0 fully saturated rings. The number of unbranched alkanes of at least 4 members (excludes halogenated alkanes) is 1. The molecule has 3 aromatic rings. The maximum atomic E-state index is 13.7. The molecule has 20 nitrogen and oxygen atoms in total. The molecule has 1 unspecified atom stereocenters. The number of esters is 4. The first kappa shape index (κ1) is 58.6. The summed E-state index contributed by atoms with van der Waals surface area (Å²) in [5.74, 6) is -1.21. The largest absolute Gasteiger partial charge is 0.459 e. The highest BCUT2D eigenvalue weighted by Gasteiger charge is 2.31. The maximum absolute atomic E-state index is 13.7. The van der Waals surface area contributed by atoms with Gasteiger partial charge in [-0.3, -0.25) is 28.6 Å². The zero-order chi connectivity index (χ0) is 52.5. The normalized spacial score (nSPS) is 13.5. The van der Waals surface area contributed by atoms with E-state index in [-0.39, 0.29) is 57.6 Å². The first-order valence-electron chi connectivity index (χ1n) is 23.6. The van der Waals surface area contributed by atoms with E-state index in [0.717, 1.165) is 5.56 Å². The lowest BCUT2D eigenvalue weighted by Gasteiger charge is -2.27. The monoisotopic (exact) mass is 1000 g/mol. The van der Waals surface area contributed by atoms with Crippen LogP contribution in [0.1, 0.15) is 145 Å². The Kier molecular flexibility index (Phi) is 22.2. The van der Waals surface area contributed by atoms with Gasteiger partial charge in [0.05, 0.1) is 13.1 Å². The molecule has 390 valence electrons. The first-order valence-corrected chi connectivity index (χ1v) is 24.7. The highest BCUT2D eigenvalue weighted by atomic mass is 32.2. The summed E-state index contributed by atoms with van der Waals surface area (Å²) in [6.07, 6.45) is 8.95. The second-order valence-corrected chi connectivity index (χ2v) is 21.8. The molecular formula is C49H76N8O12S. The number of imidazole rings is 2. The average Bonchev–Trinajstić information content (AvgIpc) is 3.82. The molecule has 2 aromatic heterocycles. The average molecular weight is 1000 g/mol. The lowest BCUT2D eigenvalue weighted by atomic mass is 10.0. The Bertz CT molecular complexity index is 2140. The minimum absolute atomic E-state index is 0.0240.